The fourth-order valence-corrected chi connectivity index (χ4v) is 2.53. The highest BCUT2D eigenvalue weighted by molar-refractivity contribution is 6.31. The van der Waals surface area contributed by atoms with E-state index in [1.54, 1.807) is 43.5 Å². The summed E-state index contributed by atoms with van der Waals surface area (Å²) in [5, 5.41) is 3.73. The van der Waals surface area contributed by atoms with Gasteiger partial charge in [-0.1, -0.05) is 23.7 Å². The Morgan fingerprint density at radius 3 is 2.83 bits per heavy atom. The van der Waals surface area contributed by atoms with E-state index in [1.165, 1.54) is 12.1 Å². The number of carbonyl (C=O) groups is 1. The second-order valence-electron chi connectivity index (χ2n) is 5.03. The normalized spacial score (nSPS) is 10.6. The van der Waals surface area contributed by atoms with Gasteiger partial charge in [0.05, 0.1) is 28.4 Å². The van der Waals surface area contributed by atoms with Gasteiger partial charge in [-0.25, -0.2) is 9.18 Å². The third-order valence-corrected chi connectivity index (χ3v) is 3.77. The van der Waals surface area contributed by atoms with Crippen LogP contribution < -0.4 is 5.32 Å². The number of esters is 1. The van der Waals surface area contributed by atoms with Crippen molar-refractivity contribution in [3.8, 4) is 0 Å². The molecule has 0 unspecified atom stereocenters. The Bertz CT molecular complexity index is 915. The van der Waals surface area contributed by atoms with Crippen molar-refractivity contribution in [3.63, 3.8) is 0 Å². The van der Waals surface area contributed by atoms with Crippen molar-refractivity contribution in [2.75, 3.05) is 11.9 Å². The number of hydrogen-bond acceptors (Lipinski definition) is 4. The molecule has 0 fully saturated rings. The molecule has 1 N–H and O–H groups in total. The zero-order chi connectivity index (χ0) is 17.1. The number of carbonyl (C=O) groups excluding carboxylic acids is 1. The molecule has 3 rings (SSSR count). The van der Waals surface area contributed by atoms with Crippen molar-refractivity contribution in [2.45, 2.75) is 6.92 Å². The van der Waals surface area contributed by atoms with Crippen LogP contribution in [0.4, 0.5) is 15.8 Å². The Kier molecular flexibility index (Phi) is 4.62. The Hall–Kier alpha value is -2.66. The maximum absolute atomic E-state index is 13.8. The minimum Gasteiger partial charge on any atom is -0.462 e. The highest BCUT2D eigenvalue weighted by Crippen LogP contribution is 2.30. The van der Waals surface area contributed by atoms with Crippen LogP contribution in [0.15, 0.2) is 48.7 Å². The minimum atomic E-state index is -0.529. The van der Waals surface area contributed by atoms with Crippen molar-refractivity contribution >= 4 is 39.8 Å². The van der Waals surface area contributed by atoms with E-state index in [2.05, 4.69) is 10.3 Å². The largest absolute Gasteiger partial charge is 0.462 e. The molecule has 0 aliphatic rings. The van der Waals surface area contributed by atoms with E-state index in [0.29, 0.717) is 27.8 Å². The first kappa shape index (κ1) is 16.2. The number of anilines is 2. The Morgan fingerprint density at radius 1 is 1.25 bits per heavy atom. The second kappa shape index (κ2) is 6.84. The monoisotopic (exact) mass is 344 g/mol. The van der Waals surface area contributed by atoms with Gasteiger partial charge in [-0.2, -0.15) is 0 Å². The molecular formula is C18H14ClFN2O2. The molecule has 1 aromatic heterocycles. The summed E-state index contributed by atoms with van der Waals surface area (Å²) in [5.41, 5.74) is 2.14. The van der Waals surface area contributed by atoms with Crippen LogP contribution in [0.3, 0.4) is 0 Å². The molecule has 0 spiro atoms. The highest BCUT2D eigenvalue weighted by atomic mass is 35.5. The van der Waals surface area contributed by atoms with Crippen LogP contribution >= 0.6 is 11.6 Å². The first-order valence-electron chi connectivity index (χ1n) is 7.37. The number of nitrogens with zero attached hydrogens (tertiary/aromatic N) is 1. The van der Waals surface area contributed by atoms with Crippen molar-refractivity contribution in [1.82, 2.24) is 4.98 Å². The van der Waals surface area contributed by atoms with Gasteiger partial charge < -0.3 is 10.1 Å². The van der Waals surface area contributed by atoms with Gasteiger partial charge in [-0.05, 0) is 37.3 Å². The third kappa shape index (κ3) is 3.16. The summed E-state index contributed by atoms with van der Waals surface area (Å²) >= 11 is 5.81. The molecule has 0 amide bonds. The number of hydrogen-bond donors (Lipinski definition) is 1. The number of pyridine rings is 1. The molecule has 1 heterocycles. The van der Waals surface area contributed by atoms with Gasteiger partial charge in [0, 0.05) is 17.3 Å². The first-order chi connectivity index (χ1) is 11.6. The van der Waals surface area contributed by atoms with Gasteiger partial charge in [0.15, 0.2) is 0 Å². The van der Waals surface area contributed by atoms with Gasteiger partial charge in [-0.3, -0.25) is 4.98 Å². The lowest BCUT2D eigenvalue weighted by Crippen LogP contribution is -2.08. The number of halogens is 2. The Labute approximate surface area is 143 Å². The molecule has 122 valence electrons. The predicted octanol–water partition coefficient (Wildman–Crippen LogP) is 4.95. The zero-order valence-electron chi connectivity index (χ0n) is 12.8. The van der Waals surface area contributed by atoms with E-state index >= 15 is 0 Å². The summed E-state index contributed by atoms with van der Waals surface area (Å²) in [6, 6.07) is 11.5. The van der Waals surface area contributed by atoms with Crippen LogP contribution in [0.5, 0.6) is 0 Å². The van der Waals surface area contributed by atoms with Gasteiger partial charge in [0.25, 0.3) is 0 Å². The zero-order valence-corrected chi connectivity index (χ0v) is 13.6. The third-order valence-electron chi connectivity index (χ3n) is 3.48. The topological polar surface area (TPSA) is 51.2 Å². The fraction of sp³-hybridized carbons (Fsp3) is 0.111. The molecule has 2 aromatic carbocycles. The predicted molar refractivity (Wildman–Crippen MR) is 92.4 cm³/mol. The number of ether oxygens (including phenoxy) is 1. The summed E-state index contributed by atoms with van der Waals surface area (Å²) in [6.07, 6.45) is 1.59. The van der Waals surface area contributed by atoms with Crippen LogP contribution in [0.1, 0.15) is 17.3 Å². The smallest absolute Gasteiger partial charge is 0.340 e. The number of para-hydroxylation sites is 1. The van der Waals surface area contributed by atoms with E-state index < -0.39 is 11.8 Å². The molecule has 0 atom stereocenters. The van der Waals surface area contributed by atoms with Crippen LogP contribution in [0.25, 0.3) is 10.9 Å². The average Bonchev–Trinajstić information content (AvgIpc) is 2.57. The van der Waals surface area contributed by atoms with E-state index in [9.17, 15) is 9.18 Å². The first-order valence-corrected chi connectivity index (χ1v) is 7.75. The number of rotatable bonds is 4. The second-order valence-corrected chi connectivity index (χ2v) is 5.44. The van der Waals surface area contributed by atoms with Gasteiger partial charge in [-0.15, -0.1) is 0 Å². The van der Waals surface area contributed by atoms with Gasteiger partial charge in [0.2, 0.25) is 0 Å². The van der Waals surface area contributed by atoms with Gasteiger partial charge in [0.1, 0.15) is 5.82 Å². The quantitative estimate of drug-likeness (QED) is 0.680. The number of benzene rings is 2. The van der Waals surface area contributed by atoms with Gasteiger partial charge >= 0.3 is 5.97 Å². The summed E-state index contributed by atoms with van der Waals surface area (Å²) < 4.78 is 18.9. The molecule has 0 saturated heterocycles. The summed E-state index contributed by atoms with van der Waals surface area (Å²) in [5.74, 6) is -0.952. The molecule has 0 saturated carbocycles. The standard InChI is InChI=1S/C18H14ClFN2O2/c1-2-24-18(23)11-5-3-4-6-15(11)22-16-7-8-21-17-10-13(19)14(20)9-12(16)17/h3-10H,2H2,1H3,(H,21,22). The van der Waals surface area contributed by atoms with Crippen molar-refractivity contribution in [3.05, 3.63) is 65.1 Å². The molecule has 4 nitrogen and oxygen atoms in total. The summed E-state index contributed by atoms with van der Waals surface area (Å²) in [4.78, 5) is 16.3. The fourth-order valence-electron chi connectivity index (χ4n) is 2.37. The Balaban J connectivity index is 2.05. The van der Waals surface area contributed by atoms with E-state index in [0.717, 1.165) is 0 Å². The summed E-state index contributed by atoms with van der Waals surface area (Å²) in [7, 11) is 0. The van der Waals surface area contributed by atoms with Crippen molar-refractivity contribution < 1.29 is 13.9 Å². The van der Waals surface area contributed by atoms with Crippen molar-refractivity contribution in [2.24, 2.45) is 0 Å². The van der Waals surface area contributed by atoms with Crippen LogP contribution in [0, 0.1) is 5.82 Å². The minimum absolute atomic E-state index is 0.0130. The average molecular weight is 345 g/mol. The molecule has 6 heteroatoms. The van der Waals surface area contributed by atoms with Crippen LogP contribution in [-0.2, 0) is 4.74 Å². The van der Waals surface area contributed by atoms with E-state index in [4.69, 9.17) is 16.3 Å². The van der Waals surface area contributed by atoms with E-state index in [-0.39, 0.29) is 11.6 Å². The molecule has 24 heavy (non-hydrogen) atoms. The molecule has 0 aliphatic heterocycles. The maximum Gasteiger partial charge on any atom is 0.340 e. The SMILES string of the molecule is CCOC(=O)c1ccccc1Nc1ccnc2cc(Cl)c(F)cc12. The molecule has 0 radical (unpaired) electrons. The lowest BCUT2D eigenvalue weighted by molar-refractivity contribution is 0.0527. The van der Waals surface area contributed by atoms with Crippen molar-refractivity contribution in [1.29, 1.82) is 0 Å². The lowest BCUT2D eigenvalue weighted by atomic mass is 10.1. The van der Waals surface area contributed by atoms with Crippen LogP contribution in [0.2, 0.25) is 5.02 Å². The maximum atomic E-state index is 13.8. The summed E-state index contributed by atoms with van der Waals surface area (Å²) in [6.45, 7) is 2.03. The lowest BCUT2D eigenvalue weighted by Gasteiger charge is -2.13. The molecule has 3 aromatic rings. The number of nitrogens with one attached hydrogen (secondary N) is 1. The Morgan fingerprint density at radius 2 is 2.04 bits per heavy atom. The number of fused-ring (bicyclic) bond motifs is 1. The van der Waals surface area contributed by atoms with Crippen LogP contribution in [-0.4, -0.2) is 17.6 Å². The van der Waals surface area contributed by atoms with E-state index in [1.807, 2.05) is 0 Å². The molecule has 0 aliphatic carbocycles. The molecular weight excluding hydrogens is 331 g/mol. The highest BCUT2D eigenvalue weighted by Gasteiger charge is 2.13. The number of aromatic nitrogens is 1. The molecule has 0 bridgehead atoms.